The molecule has 30 heavy (non-hydrogen) atoms. The van der Waals surface area contributed by atoms with Gasteiger partial charge in [0.15, 0.2) is 5.60 Å². The van der Waals surface area contributed by atoms with Crippen LogP contribution in [0.5, 0.6) is 5.75 Å². The third-order valence-electron chi connectivity index (χ3n) is 6.17. The highest BCUT2D eigenvalue weighted by molar-refractivity contribution is 5.89. The van der Waals surface area contributed by atoms with Gasteiger partial charge >= 0.3 is 5.97 Å². The van der Waals surface area contributed by atoms with Crippen LogP contribution in [0.25, 0.3) is 22.3 Å². The number of hydrogen-bond donors (Lipinski definition) is 2. The third-order valence-corrected chi connectivity index (χ3v) is 6.17. The maximum Gasteiger partial charge on any atom is 0.343 e. The molecule has 2 aromatic heterocycles. The van der Waals surface area contributed by atoms with Crippen molar-refractivity contribution in [3.63, 3.8) is 0 Å². The van der Waals surface area contributed by atoms with Crippen LogP contribution in [0.4, 0.5) is 0 Å². The molecule has 0 saturated heterocycles. The number of carbonyl (C=O) groups is 1. The zero-order chi connectivity index (χ0) is 21.2. The zero-order valence-corrected chi connectivity index (χ0v) is 16.6. The van der Waals surface area contributed by atoms with E-state index in [4.69, 9.17) is 14.5 Å². The molecule has 8 nitrogen and oxygen atoms in total. The first-order valence-corrected chi connectivity index (χ1v) is 9.70. The van der Waals surface area contributed by atoms with Crippen LogP contribution in [-0.2, 0) is 34.9 Å². The minimum atomic E-state index is -1.87. The van der Waals surface area contributed by atoms with E-state index in [0.717, 1.165) is 10.9 Å². The Balaban J connectivity index is 1.81. The molecule has 5 rings (SSSR count). The van der Waals surface area contributed by atoms with E-state index in [2.05, 4.69) is 0 Å². The van der Waals surface area contributed by atoms with Crippen LogP contribution in [-0.4, -0.2) is 32.8 Å². The minimum absolute atomic E-state index is 0.0847. The molecular formula is C22H20N2O6. The fraction of sp³-hybridized carbons (Fsp3) is 0.318. The number of esters is 1. The Labute approximate surface area is 171 Å². The van der Waals surface area contributed by atoms with Crippen molar-refractivity contribution in [1.82, 2.24) is 9.55 Å². The summed E-state index contributed by atoms with van der Waals surface area (Å²) >= 11 is 0. The lowest BCUT2D eigenvalue weighted by molar-refractivity contribution is -0.172. The van der Waals surface area contributed by atoms with Gasteiger partial charge in [-0.25, -0.2) is 9.78 Å². The lowest BCUT2D eigenvalue weighted by Crippen LogP contribution is -2.44. The van der Waals surface area contributed by atoms with Crippen molar-refractivity contribution in [1.29, 1.82) is 0 Å². The average Bonchev–Trinajstić information content (AvgIpc) is 3.13. The molecule has 0 unspecified atom stereocenters. The topological polar surface area (TPSA) is 111 Å². The first-order valence-electron chi connectivity index (χ1n) is 9.70. The lowest BCUT2D eigenvalue weighted by atomic mass is 9.86. The van der Waals surface area contributed by atoms with E-state index < -0.39 is 11.6 Å². The van der Waals surface area contributed by atoms with Gasteiger partial charge in [0, 0.05) is 16.5 Å². The third kappa shape index (κ3) is 2.31. The van der Waals surface area contributed by atoms with Crippen LogP contribution < -0.4 is 10.3 Å². The predicted molar refractivity (Wildman–Crippen MR) is 107 cm³/mol. The van der Waals surface area contributed by atoms with E-state index in [-0.39, 0.29) is 42.9 Å². The Hall–Kier alpha value is -3.23. The Morgan fingerprint density at radius 2 is 2.07 bits per heavy atom. The lowest BCUT2D eigenvalue weighted by Gasteiger charge is -2.31. The number of nitrogens with zero attached hydrogens (tertiary/aromatic N) is 2. The summed E-state index contributed by atoms with van der Waals surface area (Å²) in [5.74, 6) is -0.111. The summed E-state index contributed by atoms with van der Waals surface area (Å²) in [5, 5.41) is 21.8. The van der Waals surface area contributed by atoms with Gasteiger partial charge in [-0.05, 0) is 36.2 Å². The molecule has 0 spiro atoms. The number of rotatable bonds is 3. The molecule has 0 saturated carbocycles. The van der Waals surface area contributed by atoms with Gasteiger partial charge in [-0.3, -0.25) is 4.79 Å². The van der Waals surface area contributed by atoms with Crippen molar-refractivity contribution < 1.29 is 24.5 Å². The maximum absolute atomic E-state index is 13.2. The standard InChI is InChI=1S/C22H20N2O6/c1-3-22(28)16-7-18-19-13(8-24(18)20(26)15(16)10-30-21(22)27)14(9-25)12-6-11(29-2)4-5-17(12)23-19/h4-7,25,28H,3,8-10H2,1-2H3/t22-/m0/s1. The Bertz CT molecular complexity index is 1300. The number of pyridine rings is 2. The van der Waals surface area contributed by atoms with Gasteiger partial charge in [0.2, 0.25) is 0 Å². The van der Waals surface area contributed by atoms with Gasteiger partial charge in [-0.2, -0.15) is 0 Å². The molecule has 0 bridgehead atoms. The van der Waals surface area contributed by atoms with Gasteiger partial charge in [-0.1, -0.05) is 6.92 Å². The number of aromatic nitrogens is 2. The van der Waals surface area contributed by atoms with Crippen molar-refractivity contribution in [2.75, 3.05) is 7.11 Å². The quantitative estimate of drug-likeness (QED) is 0.495. The molecule has 0 amide bonds. The second-order valence-electron chi connectivity index (χ2n) is 7.56. The Morgan fingerprint density at radius 3 is 2.77 bits per heavy atom. The number of carbonyl (C=O) groups excluding carboxylic acids is 1. The first kappa shape index (κ1) is 18.8. The smallest absolute Gasteiger partial charge is 0.343 e. The zero-order valence-electron chi connectivity index (χ0n) is 16.6. The van der Waals surface area contributed by atoms with E-state index >= 15 is 0 Å². The number of hydrogen-bond acceptors (Lipinski definition) is 7. The van der Waals surface area contributed by atoms with Crippen LogP contribution in [0.2, 0.25) is 0 Å². The molecule has 0 fully saturated rings. The van der Waals surface area contributed by atoms with Crippen molar-refractivity contribution >= 4 is 16.9 Å². The second-order valence-corrected chi connectivity index (χ2v) is 7.56. The molecule has 1 atom stereocenters. The number of benzene rings is 1. The number of fused-ring (bicyclic) bond motifs is 5. The molecular weight excluding hydrogens is 388 g/mol. The summed E-state index contributed by atoms with van der Waals surface area (Å²) in [6, 6.07) is 7.05. The van der Waals surface area contributed by atoms with Gasteiger partial charge in [-0.15, -0.1) is 0 Å². The molecule has 154 valence electrons. The first-order chi connectivity index (χ1) is 14.4. The molecule has 0 aliphatic carbocycles. The molecule has 3 aromatic rings. The van der Waals surface area contributed by atoms with E-state index in [1.165, 1.54) is 0 Å². The van der Waals surface area contributed by atoms with Crippen LogP contribution in [0.3, 0.4) is 0 Å². The normalized spacial score (nSPS) is 19.3. The molecule has 1 aromatic carbocycles. The second kappa shape index (κ2) is 6.38. The van der Waals surface area contributed by atoms with Crippen molar-refractivity contribution in [2.24, 2.45) is 0 Å². The highest BCUT2D eigenvalue weighted by Crippen LogP contribution is 2.40. The molecule has 2 N–H and O–H groups in total. The number of cyclic esters (lactones) is 1. The van der Waals surface area contributed by atoms with Gasteiger partial charge in [0.25, 0.3) is 5.56 Å². The summed E-state index contributed by atoms with van der Waals surface area (Å²) in [4.78, 5) is 30.2. The molecule has 8 heteroatoms. The summed E-state index contributed by atoms with van der Waals surface area (Å²) in [5.41, 5.74) is 1.50. The van der Waals surface area contributed by atoms with Crippen molar-refractivity contribution in [3.05, 3.63) is 56.9 Å². The van der Waals surface area contributed by atoms with E-state index in [1.807, 2.05) is 6.07 Å². The summed E-state index contributed by atoms with van der Waals surface area (Å²) in [6.45, 7) is 1.51. The summed E-state index contributed by atoms with van der Waals surface area (Å²) in [6.07, 6.45) is 0.0847. The van der Waals surface area contributed by atoms with Gasteiger partial charge in [0.1, 0.15) is 12.4 Å². The molecule has 4 heterocycles. The minimum Gasteiger partial charge on any atom is -0.497 e. The molecule has 0 radical (unpaired) electrons. The summed E-state index contributed by atoms with van der Waals surface area (Å²) < 4.78 is 11.9. The van der Waals surface area contributed by atoms with Crippen LogP contribution in [0, 0.1) is 0 Å². The number of aliphatic hydroxyl groups is 2. The van der Waals surface area contributed by atoms with Gasteiger partial charge in [0.05, 0.1) is 42.7 Å². The monoisotopic (exact) mass is 408 g/mol. The average molecular weight is 408 g/mol. The largest absolute Gasteiger partial charge is 0.497 e. The highest BCUT2D eigenvalue weighted by atomic mass is 16.6. The molecule has 2 aliphatic heterocycles. The maximum atomic E-state index is 13.2. The van der Waals surface area contributed by atoms with E-state index in [0.29, 0.717) is 28.2 Å². The van der Waals surface area contributed by atoms with E-state index in [1.54, 1.807) is 36.8 Å². The molecule has 2 aliphatic rings. The number of methoxy groups -OCH3 is 1. The fourth-order valence-electron chi connectivity index (χ4n) is 4.45. The van der Waals surface area contributed by atoms with Crippen LogP contribution >= 0.6 is 0 Å². The van der Waals surface area contributed by atoms with Crippen molar-refractivity contribution in [3.8, 4) is 17.1 Å². The van der Waals surface area contributed by atoms with Crippen LogP contribution in [0.15, 0.2) is 29.1 Å². The predicted octanol–water partition coefficient (Wildman–Crippen LogP) is 1.58. The van der Waals surface area contributed by atoms with E-state index in [9.17, 15) is 19.8 Å². The van der Waals surface area contributed by atoms with Crippen molar-refractivity contribution in [2.45, 2.75) is 38.7 Å². The SMILES string of the molecule is CC[C@@]1(O)C(=O)OCc2c1cc1n(c2=O)Cc2c-1nc1ccc(OC)cc1c2CO. The highest BCUT2D eigenvalue weighted by Gasteiger charge is 2.45. The fourth-order valence-corrected chi connectivity index (χ4v) is 4.45. The van der Waals surface area contributed by atoms with Gasteiger partial charge < -0.3 is 24.3 Å². The number of aliphatic hydroxyl groups excluding tert-OH is 1. The Morgan fingerprint density at radius 1 is 1.27 bits per heavy atom. The summed E-state index contributed by atoms with van der Waals surface area (Å²) in [7, 11) is 1.57. The van der Waals surface area contributed by atoms with Crippen LogP contribution in [0.1, 0.15) is 35.6 Å². The number of ether oxygens (including phenoxy) is 2. The Kier molecular flexibility index (Phi) is 4.00.